The second-order valence-corrected chi connectivity index (χ2v) is 8.78. The molecule has 0 unspecified atom stereocenters. The van der Waals surface area contributed by atoms with Crippen LogP contribution in [0, 0.1) is 5.41 Å². The van der Waals surface area contributed by atoms with Gasteiger partial charge in [-0.25, -0.2) is 19.6 Å². The van der Waals surface area contributed by atoms with Gasteiger partial charge in [-0.15, -0.1) is 0 Å². The SMILES string of the molecule is O=C(O)C(F)(F)F.O=C(O)C(F)(F)F.c1cnc(N2CCC3(CCN(Cc4cccnc4)CC3)CC2)nc1. The van der Waals surface area contributed by atoms with Crippen molar-refractivity contribution in [1.29, 1.82) is 0 Å². The van der Waals surface area contributed by atoms with Crippen LogP contribution in [-0.4, -0.2) is 80.5 Å². The summed E-state index contributed by atoms with van der Waals surface area (Å²) in [6, 6.07) is 6.09. The molecule has 0 saturated carbocycles. The van der Waals surface area contributed by atoms with Gasteiger partial charge in [0.25, 0.3) is 0 Å². The van der Waals surface area contributed by atoms with Gasteiger partial charge < -0.3 is 15.1 Å². The number of likely N-dealkylation sites (tertiary alicyclic amines) is 1. The van der Waals surface area contributed by atoms with E-state index in [1.165, 1.54) is 44.3 Å². The Balaban J connectivity index is 0.000000301. The number of carboxylic acid groups (broad SMARTS) is 2. The van der Waals surface area contributed by atoms with Crippen molar-refractivity contribution in [2.75, 3.05) is 31.1 Å². The third kappa shape index (κ3) is 10.1. The summed E-state index contributed by atoms with van der Waals surface area (Å²) < 4.78 is 63.5. The van der Waals surface area contributed by atoms with Crippen LogP contribution >= 0.6 is 0 Å². The fourth-order valence-electron chi connectivity index (χ4n) is 4.07. The standard InChI is InChI=1S/C19H25N5.2C2HF3O2/c1-3-17(15-20-8-1)16-23-11-4-19(5-12-23)6-13-24(14-7-19)18-21-9-2-10-22-18;2*3-2(4,5)1(6)7/h1-3,8-10,15H,4-7,11-14,16H2;2*(H,6,7). The third-order valence-electron chi connectivity index (χ3n) is 6.19. The first-order valence-electron chi connectivity index (χ1n) is 11.5. The van der Waals surface area contributed by atoms with E-state index in [1.54, 1.807) is 0 Å². The topological polar surface area (TPSA) is 120 Å². The van der Waals surface area contributed by atoms with Crippen LogP contribution in [0.1, 0.15) is 31.2 Å². The van der Waals surface area contributed by atoms with Crippen LogP contribution in [-0.2, 0) is 16.1 Å². The molecule has 2 aliphatic rings. The van der Waals surface area contributed by atoms with Gasteiger partial charge in [-0.1, -0.05) is 6.07 Å². The van der Waals surface area contributed by atoms with Gasteiger partial charge in [0.2, 0.25) is 5.95 Å². The number of carbonyl (C=O) groups is 2. The second-order valence-electron chi connectivity index (χ2n) is 8.78. The zero-order chi connectivity index (χ0) is 28.4. The molecule has 0 aromatic carbocycles. The number of piperidine rings is 2. The molecule has 2 saturated heterocycles. The molecule has 2 aromatic heterocycles. The van der Waals surface area contributed by atoms with Crippen LogP contribution in [0.3, 0.4) is 0 Å². The summed E-state index contributed by atoms with van der Waals surface area (Å²) in [4.78, 5) is 35.7. The quantitative estimate of drug-likeness (QED) is 0.545. The van der Waals surface area contributed by atoms with Gasteiger partial charge in [0, 0.05) is 44.4 Å². The Kier molecular flexibility index (Phi) is 10.8. The van der Waals surface area contributed by atoms with Gasteiger partial charge in [0.05, 0.1) is 0 Å². The summed E-state index contributed by atoms with van der Waals surface area (Å²) in [5, 5.41) is 14.2. The molecule has 2 fully saturated rings. The number of anilines is 1. The van der Waals surface area contributed by atoms with E-state index in [1.807, 2.05) is 36.9 Å². The Labute approximate surface area is 214 Å². The van der Waals surface area contributed by atoms with E-state index < -0.39 is 24.3 Å². The number of rotatable bonds is 3. The second kappa shape index (κ2) is 13.3. The molecule has 0 amide bonds. The number of hydrogen-bond donors (Lipinski definition) is 2. The van der Waals surface area contributed by atoms with Gasteiger partial charge in [0.15, 0.2) is 0 Å². The van der Waals surface area contributed by atoms with Gasteiger partial charge in [-0.05, 0) is 61.9 Å². The number of aliphatic carboxylic acids is 2. The summed E-state index contributed by atoms with van der Waals surface area (Å²) in [7, 11) is 0. The van der Waals surface area contributed by atoms with Crippen LogP contribution in [0.5, 0.6) is 0 Å². The lowest BCUT2D eigenvalue weighted by Gasteiger charge is -2.47. The van der Waals surface area contributed by atoms with E-state index in [0.29, 0.717) is 5.41 Å². The predicted molar refractivity (Wildman–Crippen MR) is 122 cm³/mol. The first-order valence-corrected chi connectivity index (χ1v) is 11.5. The zero-order valence-corrected chi connectivity index (χ0v) is 20.1. The minimum absolute atomic E-state index is 0.538. The van der Waals surface area contributed by atoms with E-state index in [2.05, 4.69) is 30.8 Å². The molecule has 0 radical (unpaired) electrons. The average Bonchev–Trinajstić information content (AvgIpc) is 2.87. The highest BCUT2D eigenvalue weighted by molar-refractivity contribution is 5.73. The van der Waals surface area contributed by atoms with E-state index >= 15 is 0 Å². The van der Waals surface area contributed by atoms with Crippen molar-refractivity contribution in [3.8, 4) is 0 Å². The lowest BCUT2D eigenvalue weighted by Crippen LogP contribution is -2.47. The molecule has 210 valence electrons. The minimum atomic E-state index is -5.08. The summed E-state index contributed by atoms with van der Waals surface area (Å²) >= 11 is 0. The minimum Gasteiger partial charge on any atom is -0.475 e. The highest BCUT2D eigenvalue weighted by Gasteiger charge is 2.39. The monoisotopic (exact) mass is 551 g/mol. The molecular weight excluding hydrogens is 524 g/mol. The maximum absolute atomic E-state index is 10.6. The Morgan fingerprint density at radius 1 is 0.816 bits per heavy atom. The molecule has 15 heteroatoms. The van der Waals surface area contributed by atoms with E-state index in [4.69, 9.17) is 19.8 Å². The number of aromatic nitrogens is 3. The van der Waals surface area contributed by atoms with Gasteiger partial charge in [-0.2, -0.15) is 26.3 Å². The van der Waals surface area contributed by atoms with Crippen molar-refractivity contribution >= 4 is 17.9 Å². The first kappa shape index (κ1) is 30.7. The first-order chi connectivity index (χ1) is 17.7. The number of alkyl halides is 6. The van der Waals surface area contributed by atoms with Crippen LogP contribution in [0.2, 0.25) is 0 Å². The molecule has 2 aliphatic heterocycles. The van der Waals surface area contributed by atoms with Gasteiger partial charge >= 0.3 is 24.3 Å². The Morgan fingerprint density at radius 2 is 1.29 bits per heavy atom. The highest BCUT2D eigenvalue weighted by Crippen LogP contribution is 2.41. The summed E-state index contributed by atoms with van der Waals surface area (Å²) in [6.07, 6.45) is 2.51. The normalized spacial score (nSPS) is 17.5. The fourth-order valence-corrected chi connectivity index (χ4v) is 4.07. The van der Waals surface area contributed by atoms with E-state index in [0.717, 1.165) is 25.6 Å². The van der Waals surface area contributed by atoms with Crippen molar-refractivity contribution < 1.29 is 46.1 Å². The molecule has 2 N–H and O–H groups in total. The Hall–Kier alpha value is -3.49. The summed E-state index contributed by atoms with van der Waals surface area (Å²) in [5.74, 6) is -4.62. The fraction of sp³-hybridized carbons (Fsp3) is 0.522. The lowest BCUT2D eigenvalue weighted by molar-refractivity contribution is -0.193. The van der Waals surface area contributed by atoms with Crippen LogP contribution < -0.4 is 4.90 Å². The maximum Gasteiger partial charge on any atom is 0.490 e. The van der Waals surface area contributed by atoms with Gasteiger partial charge in [-0.3, -0.25) is 9.88 Å². The number of hydrogen-bond acceptors (Lipinski definition) is 7. The van der Waals surface area contributed by atoms with Crippen molar-refractivity contribution in [2.24, 2.45) is 5.41 Å². The number of carboxylic acids is 2. The van der Waals surface area contributed by atoms with Crippen molar-refractivity contribution in [1.82, 2.24) is 19.9 Å². The molecule has 4 heterocycles. The highest BCUT2D eigenvalue weighted by atomic mass is 19.4. The smallest absolute Gasteiger partial charge is 0.475 e. The largest absolute Gasteiger partial charge is 0.490 e. The molecule has 2 aromatic rings. The van der Waals surface area contributed by atoms with Crippen LogP contribution in [0.15, 0.2) is 43.0 Å². The zero-order valence-electron chi connectivity index (χ0n) is 20.1. The number of halogens is 6. The number of pyridine rings is 1. The Bertz CT molecular complexity index is 982. The van der Waals surface area contributed by atoms with Gasteiger partial charge in [0.1, 0.15) is 0 Å². The third-order valence-corrected chi connectivity index (χ3v) is 6.19. The van der Waals surface area contributed by atoms with Crippen LogP contribution in [0.25, 0.3) is 0 Å². The summed E-state index contributed by atoms with van der Waals surface area (Å²) in [6.45, 7) is 5.63. The van der Waals surface area contributed by atoms with Crippen LogP contribution in [0.4, 0.5) is 32.3 Å². The van der Waals surface area contributed by atoms with Crippen molar-refractivity contribution in [3.63, 3.8) is 0 Å². The molecule has 0 bridgehead atoms. The van der Waals surface area contributed by atoms with Crippen molar-refractivity contribution in [2.45, 2.75) is 44.6 Å². The van der Waals surface area contributed by atoms with E-state index in [-0.39, 0.29) is 0 Å². The summed E-state index contributed by atoms with van der Waals surface area (Å²) in [5.41, 5.74) is 1.86. The molecule has 4 rings (SSSR count). The maximum atomic E-state index is 10.6. The molecule has 0 atom stereocenters. The molecule has 1 spiro atoms. The molecule has 0 aliphatic carbocycles. The molecule has 9 nitrogen and oxygen atoms in total. The van der Waals surface area contributed by atoms with Crippen molar-refractivity contribution in [3.05, 3.63) is 48.5 Å². The molecule has 38 heavy (non-hydrogen) atoms. The Morgan fingerprint density at radius 3 is 1.71 bits per heavy atom. The predicted octanol–water partition coefficient (Wildman–Crippen LogP) is 4.02. The van der Waals surface area contributed by atoms with E-state index in [9.17, 15) is 26.3 Å². The average molecular weight is 551 g/mol. The molecular formula is C23H27F6N5O4. The number of nitrogens with zero attached hydrogens (tertiary/aromatic N) is 5. The lowest BCUT2D eigenvalue weighted by atomic mass is 9.71.